The van der Waals surface area contributed by atoms with E-state index in [0.717, 1.165) is 12.3 Å². The Morgan fingerprint density at radius 3 is 2.76 bits per heavy atom. The summed E-state index contributed by atoms with van der Waals surface area (Å²) in [5, 5.41) is 0. The van der Waals surface area contributed by atoms with E-state index >= 15 is 0 Å². The number of hydrogen-bond acceptors (Lipinski definition) is 1. The normalized spacial score (nSPS) is 17.8. The van der Waals surface area contributed by atoms with E-state index in [-0.39, 0.29) is 6.04 Å². The zero-order valence-corrected chi connectivity index (χ0v) is 11.0. The molecule has 1 aliphatic rings. The standard InChI is InChI=1S/C16H25N/c1-2-3-4-11-16(17)15-10-6-9-14(12-15)13-7-5-8-13/h6,9-10,12-13,16H,2-5,7-8,11,17H2,1H3. The van der Waals surface area contributed by atoms with E-state index in [0.29, 0.717) is 0 Å². The molecule has 0 aliphatic heterocycles. The number of rotatable bonds is 6. The first-order valence-corrected chi connectivity index (χ1v) is 7.16. The van der Waals surface area contributed by atoms with Crippen LogP contribution in [0, 0.1) is 0 Å². The molecule has 0 spiro atoms. The van der Waals surface area contributed by atoms with Crippen LogP contribution in [-0.2, 0) is 0 Å². The molecule has 1 aromatic carbocycles. The second kappa shape index (κ2) is 6.20. The molecule has 0 bridgehead atoms. The topological polar surface area (TPSA) is 26.0 Å². The van der Waals surface area contributed by atoms with E-state index in [1.165, 1.54) is 49.7 Å². The Hall–Kier alpha value is -0.820. The first-order chi connectivity index (χ1) is 8.31. The second-order valence-corrected chi connectivity index (χ2v) is 5.40. The molecule has 1 unspecified atom stereocenters. The maximum atomic E-state index is 6.26. The highest BCUT2D eigenvalue weighted by molar-refractivity contribution is 5.29. The number of unbranched alkanes of at least 4 members (excludes halogenated alkanes) is 2. The average Bonchev–Trinajstić information content (AvgIpc) is 2.27. The van der Waals surface area contributed by atoms with Crippen molar-refractivity contribution in [3.63, 3.8) is 0 Å². The summed E-state index contributed by atoms with van der Waals surface area (Å²) < 4.78 is 0. The molecule has 1 heteroatoms. The fourth-order valence-corrected chi connectivity index (χ4v) is 2.57. The molecule has 1 atom stereocenters. The Morgan fingerprint density at radius 1 is 1.29 bits per heavy atom. The van der Waals surface area contributed by atoms with Crippen molar-refractivity contribution in [3.05, 3.63) is 35.4 Å². The van der Waals surface area contributed by atoms with Crippen molar-refractivity contribution in [2.45, 2.75) is 63.8 Å². The molecule has 0 heterocycles. The van der Waals surface area contributed by atoms with Gasteiger partial charge in [-0.3, -0.25) is 0 Å². The van der Waals surface area contributed by atoms with Crippen LogP contribution < -0.4 is 5.73 Å². The lowest BCUT2D eigenvalue weighted by molar-refractivity contribution is 0.419. The molecule has 1 aromatic rings. The minimum Gasteiger partial charge on any atom is -0.324 e. The zero-order chi connectivity index (χ0) is 12.1. The average molecular weight is 231 g/mol. The molecule has 2 rings (SSSR count). The van der Waals surface area contributed by atoms with Crippen LogP contribution in [0.4, 0.5) is 0 Å². The molecule has 1 aliphatic carbocycles. The quantitative estimate of drug-likeness (QED) is 0.715. The molecule has 0 radical (unpaired) electrons. The van der Waals surface area contributed by atoms with Crippen molar-refractivity contribution in [1.29, 1.82) is 0 Å². The van der Waals surface area contributed by atoms with Gasteiger partial charge in [0.15, 0.2) is 0 Å². The zero-order valence-electron chi connectivity index (χ0n) is 11.0. The largest absolute Gasteiger partial charge is 0.324 e. The summed E-state index contributed by atoms with van der Waals surface area (Å²) in [5.41, 5.74) is 9.12. The molecule has 0 aromatic heterocycles. The van der Waals surface area contributed by atoms with Gasteiger partial charge in [-0.05, 0) is 36.3 Å². The molecular weight excluding hydrogens is 206 g/mol. The van der Waals surface area contributed by atoms with Crippen molar-refractivity contribution in [1.82, 2.24) is 0 Å². The number of nitrogens with two attached hydrogens (primary N) is 1. The van der Waals surface area contributed by atoms with E-state index in [1.54, 1.807) is 0 Å². The Balaban J connectivity index is 1.94. The van der Waals surface area contributed by atoms with E-state index in [1.807, 2.05) is 0 Å². The lowest BCUT2D eigenvalue weighted by atomic mass is 9.79. The van der Waals surface area contributed by atoms with Crippen LogP contribution >= 0.6 is 0 Å². The lowest BCUT2D eigenvalue weighted by Gasteiger charge is -2.26. The molecule has 17 heavy (non-hydrogen) atoms. The van der Waals surface area contributed by atoms with Gasteiger partial charge >= 0.3 is 0 Å². The van der Waals surface area contributed by atoms with E-state index in [9.17, 15) is 0 Å². The van der Waals surface area contributed by atoms with Gasteiger partial charge in [0, 0.05) is 6.04 Å². The maximum absolute atomic E-state index is 6.26. The van der Waals surface area contributed by atoms with Gasteiger partial charge in [-0.1, -0.05) is 56.9 Å². The lowest BCUT2D eigenvalue weighted by Crippen LogP contribution is -2.13. The highest BCUT2D eigenvalue weighted by Crippen LogP contribution is 2.37. The highest BCUT2D eigenvalue weighted by Gasteiger charge is 2.19. The highest BCUT2D eigenvalue weighted by atomic mass is 14.6. The summed E-state index contributed by atoms with van der Waals surface area (Å²) in [6, 6.07) is 9.23. The Labute approximate surface area is 105 Å². The summed E-state index contributed by atoms with van der Waals surface area (Å²) in [7, 11) is 0. The molecule has 2 N–H and O–H groups in total. The molecule has 1 nitrogen and oxygen atoms in total. The number of hydrogen-bond donors (Lipinski definition) is 1. The molecule has 0 saturated heterocycles. The van der Waals surface area contributed by atoms with E-state index in [4.69, 9.17) is 5.73 Å². The third-order valence-electron chi connectivity index (χ3n) is 4.03. The van der Waals surface area contributed by atoms with Crippen LogP contribution in [0.1, 0.15) is 75.0 Å². The van der Waals surface area contributed by atoms with Gasteiger partial charge in [0.1, 0.15) is 0 Å². The third-order valence-corrected chi connectivity index (χ3v) is 4.03. The van der Waals surface area contributed by atoms with Crippen LogP contribution in [0.2, 0.25) is 0 Å². The summed E-state index contributed by atoms with van der Waals surface area (Å²) in [6.45, 7) is 2.24. The summed E-state index contributed by atoms with van der Waals surface area (Å²) in [4.78, 5) is 0. The molecule has 0 amide bonds. The molecule has 1 saturated carbocycles. The predicted molar refractivity (Wildman–Crippen MR) is 74.1 cm³/mol. The number of benzene rings is 1. The van der Waals surface area contributed by atoms with Crippen molar-refractivity contribution < 1.29 is 0 Å². The smallest absolute Gasteiger partial charge is 0.0294 e. The van der Waals surface area contributed by atoms with Gasteiger partial charge in [0.25, 0.3) is 0 Å². The first kappa shape index (κ1) is 12.6. The summed E-state index contributed by atoms with van der Waals surface area (Å²) in [5.74, 6) is 0.817. The van der Waals surface area contributed by atoms with Crippen molar-refractivity contribution in [3.8, 4) is 0 Å². The van der Waals surface area contributed by atoms with Gasteiger partial charge in [0.2, 0.25) is 0 Å². The minimum absolute atomic E-state index is 0.238. The van der Waals surface area contributed by atoms with Crippen molar-refractivity contribution in [2.24, 2.45) is 5.73 Å². The van der Waals surface area contributed by atoms with Crippen LogP contribution in [-0.4, -0.2) is 0 Å². The monoisotopic (exact) mass is 231 g/mol. The first-order valence-electron chi connectivity index (χ1n) is 7.16. The van der Waals surface area contributed by atoms with Gasteiger partial charge in [-0.2, -0.15) is 0 Å². The van der Waals surface area contributed by atoms with E-state index < -0.39 is 0 Å². The fourth-order valence-electron chi connectivity index (χ4n) is 2.57. The van der Waals surface area contributed by atoms with Crippen LogP contribution in [0.5, 0.6) is 0 Å². The van der Waals surface area contributed by atoms with Gasteiger partial charge in [0.05, 0.1) is 0 Å². The van der Waals surface area contributed by atoms with E-state index in [2.05, 4.69) is 31.2 Å². The van der Waals surface area contributed by atoms with Gasteiger partial charge < -0.3 is 5.73 Å². The minimum atomic E-state index is 0.238. The Bertz CT molecular complexity index is 341. The Kier molecular flexibility index (Phi) is 4.61. The molecular formula is C16H25N. The van der Waals surface area contributed by atoms with Crippen LogP contribution in [0.15, 0.2) is 24.3 Å². The predicted octanol–water partition coefficient (Wildman–Crippen LogP) is 4.53. The fraction of sp³-hybridized carbons (Fsp3) is 0.625. The second-order valence-electron chi connectivity index (χ2n) is 5.40. The maximum Gasteiger partial charge on any atom is 0.0294 e. The summed E-state index contributed by atoms with van der Waals surface area (Å²) >= 11 is 0. The van der Waals surface area contributed by atoms with Crippen molar-refractivity contribution in [2.75, 3.05) is 0 Å². The third kappa shape index (κ3) is 3.32. The molecule has 94 valence electrons. The van der Waals surface area contributed by atoms with Crippen LogP contribution in [0.25, 0.3) is 0 Å². The summed E-state index contributed by atoms with van der Waals surface area (Å²) in [6.07, 6.45) is 9.10. The Morgan fingerprint density at radius 2 is 2.12 bits per heavy atom. The van der Waals surface area contributed by atoms with Crippen molar-refractivity contribution >= 4 is 0 Å². The van der Waals surface area contributed by atoms with Gasteiger partial charge in [-0.25, -0.2) is 0 Å². The SMILES string of the molecule is CCCCCC(N)c1cccc(C2CCC2)c1. The van der Waals surface area contributed by atoms with Gasteiger partial charge in [-0.15, -0.1) is 0 Å². The van der Waals surface area contributed by atoms with Crippen LogP contribution in [0.3, 0.4) is 0 Å². The molecule has 1 fully saturated rings.